The number of nitrogens with zero attached hydrogens (tertiary/aromatic N) is 3. The molecular formula is C26H32N4O6. The van der Waals surface area contributed by atoms with Crippen molar-refractivity contribution >= 4 is 17.7 Å². The summed E-state index contributed by atoms with van der Waals surface area (Å²) in [5.41, 5.74) is 1.09. The van der Waals surface area contributed by atoms with Crippen LogP contribution in [0, 0.1) is 10.1 Å². The van der Waals surface area contributed by atoms with Gasteiger partial charge in [0.25, 0.3) is 5.69 Å². The summed E-state index contributed by atoms with van der Waals surface area (Å²) in [5, 5.41) is 13.2. The Bertz CT molecular complexity index is 1050. The number of nitrogens with one attached hydrogen (secondary N) is 1. The third-order valence-electron chi connectivity index (χ3n) is 6.71. The normalized spacial score (nSPS) is 16.5. The van der Waals surface area contributed by atoms with Crippen molar-refractivity contribution in [1.29, 1.82) is 0 Å². The first-order valence-electron chi connectivity index (χ1n) is 12.4. The Morgan fingerprint density at radius 3 is 2.39 bits per heavy atom. The molecule has 0 bridgehead atoms. The highest BCUT2D eigenvalue weighted by atomic mass is 16.6. The van der Waals surface area contributed by atoms with Crippen molar-refractivity contribution in [3.8, 4) is 11.5 Å². The SMILES string of the molecule is O=C(NCC(=O)N1CCC(c2ccccc2OCCN2CCCC2)CC1)Oc1ccc([N+](=O)[O-])cc1. The topological polar surface area (TPSA) is 114 Å². The Hall–Kier alpha value is -3.66. The number of para-hydroxylation sites is 1. The van der Waals surface area contributed by atoms with E-state index in [1.165, 1.54) is 42.7 Å². The predicted molar refractivity (Wildman–Crippen MR) is 133 cm³/mol. The van der Waals surface area contributed by atoms with Crippen molar-refractivity contribution in [3.05, 3.63) is 64.2 Å². The molecule has 2 aromatic rings. The van der Waals surface area contributed by atoms with Gasteiger partial charge in [-0.05, 0) is 68.5 Å². The van der Waals surface area contributed by atoms with Gasteiger partial charge in [0, 0.05) is 31.8 Å². The molecule has 1 N–H and O–H groups in total. The van der Waals surface area contributed by atoms with E-state index in [1.54, 1.807) is 4.90 Å². The quantitative estimate of drug-likeness (QED) is 0.417. The molecule has 0 radical (unpaired) electrons. The molecule has 2 aliphatic heterocycles. The lowest BCUT2D eigenvalue weighted by Gasteiger charge is -2.33. The fourth-order valence-electron chi connectivity index (χ4n) is 4.72. The first-order chi connectivity index (χ1) is 17.5. The lowest BCUT2D eigenvalue weighted by Crippen LogP contribution is -2.44. The number of nitro groups is 1. The lowest BCUT2D eigenvalue weighted by molar-refractivity contribution is -0.384. The van der Waals surface area contributed by atoms with Crippen LogP contribution in [0.25, 0.3) is 0 Å². The summed E-state index contributed by atoms with van der Waals surface area (Å²) in [5.74, 6) is 1.23. The number of carbonyl (C=O) groups excluding carboxylic acids is 2. The van der Waals surface area contributed by atoms with Gasteiger partial charge in [-0.25, -0.2) is 4.79 Å². The maximum atomic E-state index is 12.6. The fraction of sp³-hybridized carbons (Fsp3) is 0.462. The van der Waals surface area contributed by atoms with Gasteiger partial charge in [0.15, 0.2) is 0 Å². The van der Waals surface area contributed by atoms with Gasteiger partial charge < -0.3 is 19.7 Å². The van der Waals surface area contributed by atoms with Crippen LogP contribution in [0.2, 0.25) is 0 Å². The van der Waals surface area contributed by atoms with E-state index in [1.807, 2.05) is 18.2 Å². The molecular weight excluding hydrogens is 464 g/mol. The number of hydrogen-bond donors (Lipinski definition) is 1. The van der Waals surface area contributed by atoms with Crippen LogP contribution in [0.5, 0.6) is 11.5 Å². The van der Waals surface area contributed by atoms with Crippen molar-refractivity contribution in [2.75, 3.05) is 45.9 Å². The van der Waals surface area contributed by atoms with Gasteiger partial charge in [-0.3, -0.25) is 19.8 Å². The number of piperidine rings is 1. The third-order valence-corrected chi connectivity index (χ3v) is 6.71. The molecule has 0 spiro atoms. The number of nitro benzene ring substituents is 1. The Balaban J connectivity index is 1.20. The largest absolute Gasteiger partial charge is 0.492 e. The monoisotopic (exact) mass is 496 g/mol. The Kier molecular flexibility index (Phi) is 8.72. The van der Waals surface area contributed by atoms with Gasteiger partial charge in [-0.1, -0.05) is 18.2 Å². The molecule has 2 heterocycles. The summed E-state index contributed by atoms with van der Waals surface area (Å²) in [7, 11) is 0. The van der Waals surface area contributed by atoms with Gasteiger partial charge in [-0.2, -0.15) is 0 Å². The van der Waals surface area contributed by atoms with Crippen LogP contribution in [0.15, 0.2) is 48.5 Å². The summed E-state index contributed by atoms with van der Waals surface area (Å²) in [6.07, 6.45) is 3.40. The van der Waals surface area contributed by atoms with Crippen molar-refractivity contribution in [2.45, 2.75) is 31.6 Å². The Labute approximate surface area is 210 Å². The Morgan fingerprint density at radius 2 is 1.69 bits per heavy atom. The van der Waals surface area contributed by atoms with Crippen LogP contribution >= 0.6 is 0 Å². The van der Waals surface area contributed by atoms with Crippen LogP contribution in [0.4, 0.5) is 10.5 Å². The number of carbonyl (C=O) groups is 2. The van der Waals surface area contributed by atoms with Crippen LogP contribution < -0.4 is 14.8 Å². The van der Waals surface area contributed by atoms with E-state index >= 15 is 0 Å². The zero-order chi connectivity index (χ0) is 25.3. The van der Waals surface area contributed by atoms with Crippen LogP contribution in [-0.4, -0.2) is 72.6 Å². The van der Waals surface area contributed by atoms with Gasteiger partial charge in [-0.15, -0.1) is 0 Å². The molecule has 2 saturated heterocycles. The number of likely N-dealkylation sites (tertiary alicyclic amines) is 2. The van der Waals surface area contributed by atoms with Crippen molar-refractivity contribution < 1.29 is 24.0 Å². The maximum absolute atomic E-state index is 12.6. The molecule has 2 aliphatic rings. The molecule has 0 aliphatic carbocycles. The van der Waals surface area contributed by atoms with E-state index in [2.05, 4.69) is 16.3 Å². The number of hydrogen-bond acceptors (Lipinski definition) is 7. The zero-order valence-corrected chi connectivity index (χ0v) is 20.3. The smallest absolute Gasteiger partial charge is 0.413 e. The summed E-state index contributed by atoms with van der Waals surface area (Å²) in [6, 6.07) is 13.3. The summed E-state index contributed by atoms with van der Waals surface area (Å²) in [6.45, 7) is 4.96. The highest BCUT2D eigenvalue weighted by Gasteiger charge is 2.26. The van der Waals surface area contributed by atoms with Gasteiger partial charge in [0.1, 0.15) is 24.7 Å². The van der Waals surface area contributed by atoms with Gasteiger partial charge >= 0.3 is 6.09 Å². The summed E-state index contributed by atoms with van der Waals surface area (Å²) in [4.78, 5) is 39.0. The third kappa shape index (κ3) is 6.94. The number of benzene rings is 2. The average Bonchev–Trinajstić information content (AvgIpc) is 3.42. The molecule has 192 valence electrons. The number of amides is 2. The lowest BCUT2D eigenvalue weighted by atomic mass is 9.89. The molecule has 0 unspecified atom stereocenters. The molecule has 0 atom stereocenters. The second-order valence-electron chi connectivity index (χ2n) is 9.08. The maximum Gasteiger partial charge on any atom is 0.413 e. The highest BCUT2D eigenvalue weighted by Crippen LogP contribution is 2.34. The first-order valence-corrected chi connectivity index (χ1v) is 12.4. The van der Waals surface area contributed by atoms with Crippen molar-refractivity contribution in [1.82, 2.24) is 15.1 Å². The van der Waals surface area contributed by atoms with Gasteiger partial charge in [0.2, 0.25) is 5.91 Å². The molecule has 2 fully saturated rings. The first kappa shape index (κ1) is 25.4. The minimum Gasteiger partial charge on any atom is -0.492 e. The Morgan fingerprint density at radius 1 is 1.00 bits per heavy atom. The molecule has 4 rings (SSSR count). The standard InChI is InChI=1S/C26H32N4O6/c31-25(19-27-26(32)36-22-9-7-21(8-10-22)30(33)34)29-15-11-20(12-16-29)23-5-1-2-6-24(23)35-18-17-28-13-3-4-14-28/h1-2,5-10,20H,3-4,11-19H2,(H,27,32). The second-order valence-corrected chi connectivity index (χ2v) is 9.08. The molecule has 2 aromatic carbocycles. The molecule has 2 amide bonds. The second kappa shape index (κ2) is 12.3. The molecule has 10 nitrogen and oxygen atoms in total. The molecule has 0 aromatic heterocycles. The van der Waals surface area contributed by atoms with E-state index in [-0.39, 0.29) is 23.9 Å². The summed E-state index contributed by atoms with van der Waals surface area (Å²) < 4.78 is 11.2. The van der Waals surface area contributed by atoms with Crippen LogP contribution in [0.1, 0.15) is 37.2 Å². The fourth-order valence-corrected chi connectivity index (χ4v) is 4.72. The molecule has 0 saturated carbocycles. The average molecular weight is 497 g/mol. The molecule has 36 heavy (non-hydrogen) atoms. The highest BCUT2D eigenvalue weighted by molar-refractivity contribution is 5.83. The minimum absolute atomic E-state index is 0.0994. The van der Waals surface area contributed by atoms with Gasteiger partial charge in [0.05, 0.1) is 4.92 Å². The van der Waals surface area contributed by atoms with Crippen LogP contribution in [0.3, 0.4) is 0 Å². The predicted octanol–water partition coefficient (Wildman–Crippen LogP) is 3.56. The molecule has 10 heteroatoms. The minimum atomic E-state index is -0.785. The van der Waals surface area contributed by atoms with E-state index in [0.29, 0.717) is 25.6 Å². The number of rotatable bonds is 9. The number of non-ortho nitro benzene ring substituents is 1. The summed E-state index contributed by atoms with van der Waals surface area (Å²) >= 11 is 0. The number of ether oxygens (including phenoxy) is 2. The van der Waals surface area contributed by atoms with E-state index in [9.17, 15) is 19.7 Å². The zero-order valence-electron chi connectivity index (χ0n) is 20.3. The van der Waals surface area contributed by atoms with E-state index in [0.717, 1.165) is 38.2 Å². The van der Waals surface area contributed by atoms with E-state index in [4.69, 9.17) is 9.47 Å². The van der Waals surface area contributed by atoms with Crippen molar-refractivity contribution in [2.24, 2.45) is 0 Å². The van der Waals surface area contributed by atoms with Crippen LogP contribution in [-0.2, 0) is 4.79 Å². The van der Waals surface area contributed by atoms with E-state index < -0.39 is 11.0 Å². The van der Waals surface area contributed by atoms with Crippen molar-refractivity contribution in [3.63, 3.8) is 0 Å².